The zero-order valence-electron chi connectivity index (χ0n) is 9.02. The second-order valence-corrected chi connectivity index (χ2v) is 4.24. The molecule has 1 heterocycles. The molecule has 0 aromatic carbocycles. The highest BCUT2D eigenvalue weighted by atomic mass is 32.2. The van der Waals surface area contributed by atoms with Gasteiger partial charge >= 0.3 is 0 Å². The average Bonchev–Trinajstić information content (AvgIpc) is 2.12. The van der Waals surface area contributed by atoms with Crippen LogP contribution in [-0.2, 0) is 4.79 Å². The molecule has 1 aromatic rings. The number of aryl methyl sites for hydroxylation is 1. The van der Waals surface area contributed by atoms with Crippen LogP contribution in [-0.4, -0.2) is 40.6 Å². The van der Waals surface area contributed by atoms with Gasteiger partial charge in [0.05, 0.1) is 5.75 Å². The van der Waals surface area contributed by atoms with Gasteiger partial charge in [-0.05, 0) is 6.92 Å². The van der Waals surface area contributed by atoms with Crippen LogP contribution in [0.5, 0.6) is 0 Å². The van der Waals surface area contributed by atoms with Gasteiger partial charge in [-0.15, -0.1) is 0 Å². The lowest BCUT2D eigenvalue weighted by molar-refractivity contribution is -0.125. The fourth-order valence-corrected chi connectivity index (χ4v) is 1.77. The van der Waals surface area contributed by atoms with Gasteiger partial charge in [0.25, 0.3) is 0 Å². The Labute approximate surface area is 93.1 Å². The summed E-state index contributed by atoms with van der Waals surface area (Å²) in [5.41, 5.74) is 6.37. The van der Waals surface area contributed by atoms with Crippen LogP contribution >= 0.6 is 11.8 Å². The second kappa shape index (κ2) is 4.97. The number of aromatic nitrogens is 2. The van der Waals surface area contributed by atoms with E-state index in [1.54, 1.807) is 20.2 Å². The number of nitrogens with two attached hydrogens (primary N) is 1. The smallest absolute Gasteiger partial charge is 0.232 e. The van der Waals surface area contributed by atoms with Crippen molar-refractivity contribution in [1.29, 1.82) is 0 Å². The van der Waals surface area contributed by atoms with Crippen molar-refractivity contribution in [2.75, 3.05) is 25.6 Å². The molecule has 0 fully saturated rings. The topological polar surface area (TPSA) is 72.1 Å². The minimum Gasteiger partial charge on any atom is -0.384 e. The van der Waals surface area contributed by atoms with Crippen molar-refractivity contribution < 1.29 is 4.79 Å². The molecular weight excluding hydrogens is 212 g/mol. The van der Waals surface area contributed by atoms with Gasteiger partial charge in [0.2, 0.25) is 5.91 Å². The molecule has 6 heteroatoms. The van der Waals surface area contributed by atoms with Crippen molar-refractivity contribution in [3.63, 3.8) is 0 Å². The predicted molar refractivity (Wildman–Crippen MR) is 60.6 cm³/mol. The van der Waals surface area contributed by atoms with E-state index in [1.165, 1.54) is 16.7 Å². The average molecular weight is 226 g/mol. The Hall–Kier alpha value is -1.30. The van der Waals surface area contributed by atoms with Crippen LogP contribution in [0.2, 0.25) is 0 Å². The molecule has 15 heavy (non-hydrogen) atoms. The first-order valence-corrected chi connectivity index (χ1v) is 5.41. The maximum Gasteiger partial charge on any atom is 0.232 e. The Balaban J connectivity index is 2.61. The molecule has 0 aliphatic carbocycles. The van der Waals surface area contributed by atoms with Crippen molar-refractivity contribution in [3.8, 4) is 0 Å². The summed E-state index contributed by atoms with van der Waals surface area (Å²) < 4.78 is 0. The van der Waals surface area contributed by atoms with Crippen LogP contribution in [0.4, 0.5) is 5.82 Å². The molecule has 1 rings (SSSR count). The van der Waals surface area contributed by atoms with Crippen LogP contribution in [0.15, 0.2) is 11.2 Å². The molecule has 0 radical (unpaired) electrons. The number of nitrogens with zero attached hydrogens (tertiary/aromatic N) is 3. The Morgan fingerprint density at radius 3 is 2.73 bits per heavy atom. The molecular formula is C9H14N4OS. The van der Waals surface area contributed by atoms with Crippen molar-refractivity contribution in [3.05, 3.63) is 11.8 Å². The van der Waals surface area contributed by atoms with E-state index < -0.39 is 0 Å². The summed E-state index contributed by atoms with van der Waals surface area (Å²) >= 11 is 1.29. The van der Waals surface area contributed by atoms with Gasteiger partial charge in [-0.2, -0.15) is 0 Å². The van der Waals surface area contributed by atoms with E-state index in [0.29, 0.717) is 16.7 Å². The van der Waals surface area contributed by atoms with Crippen LogP contribution in [0, 0.1) is 6.92 Å². The molecule has 0 spiro atoms. The quantitative estimate of drug-likeness (QED) is 0.602. The molecule has 0 bridgehead atoms. The molecule has 82 valence electrons. The first-order valence-electron chi connectivity index (χ1n) is 4.43. The fourth-order valence-electron chi connectivity index (χ4n) is 0.885. The van der Waals surface area contributed by atoms with Crippen molar-refractivity contribution in [1.82, 2.24) is 14.9 Å². The molecule has 0 saturated heterocycles. The SMILES string of the molecule is Cc1cc(N)nc(SCC(=O)N(C)C)n1. The van der Waals surface area contributed by atoms with Crippen LogP contribution < -0.4 is 5.73 Å². The predicted octanol–water partition coefficient (Wildman–Crippen LogP) is 0.548. The summed E-state index contributed by atoms with van der Waals surface area (Å²) in [7, 11) is 3.43. The number of hydrogen-bond acceptors (Lipinski definition) is 5. The lowest BCUT2D eigenvalue weighted by atomic mass is 10.4. The molecule has 5 nitrogen and oxygen atoms in total. The molecule has 0 aliphatic rings. The van der Waals surface area contributed by atoms with E-state index in [4.69, 9.17) is 5.73 Å². The van der Waals surface area contributed by atoms with Gasteiger partial charge in [0, 0.05) is 25.9 Å². The van der Waals surface area contributed by atoms with Crippen LogP contribution in [0.3, 0.4) is 0 Å². The highest BCUT2D eigenvalue weighted by Crippen LogP contribution is 2.15. The third kappa shape index (κ3) is 3.75. The Morgan fingerprint density at radius 1 is 1.53 bits per heavy atom. The Bertz CT molecular complexity index is 347. The highest BCUT2D eigenvalue weighted by Gasteiger charge is 2.07. The normalized spacial score (nSPS) is 10.1. The second-order valence-electron chi connectivity index (χ2n) is 3.29. The van der Waals surface area contributed by atoms with Gasteiger partial charge in [-0.3, -0.25) is 4.79 Å². The van der Waals surface area contributed by atoms with Crippen LogP contribution in [0.25, 0.3) is 0 Å². The van der Waals surface area contributed by atoms with E-state index in [0.717, 1.165) is 5.69 Å². The summed E-state index contributed by atoms with van der Waals surface area (Å²) in [5, 5.41) is 0.544. The summed E-state index contributed by atoms with van der Waals surface area (Å²) in [6.07, 6.45) is 0. The summed E-state index contributed by atoms with van der Waals surface area (Å²) in [6, 6.07) is 1.69. The molecule has 0 saturated carbocycles. The van der Waals surface area contributed by atoms with E-state index in [1.807, 2.05) is 6.92 Å². The summed E-state index contributed by atoms with van der Waals surface area (Å²) in [6.45, 7) is 1.84. The zero-order valence-corrected chi connectivity index (χ0v) is 9.84. The molecule has 1 amide bonds. The van der Waals surface area contributed by atoms with Gasteiger partial charge in [0.15, 0.2) is 5.16 Å². The van der Waals surface area contributed by atoms with E-state index >= 15 is 0 Å². The zero-order chi connectivity index (χ0) is 11.4. The van der Waals surface area contributed by atoms with Crippen molar-refractivity contribution in [2.45, 2.75) is 12.1 Å². The molecule has 1 aromatic heterocycles. The largest absolute Gasteiger partial charge is 0.384 e. The first-order chi connectivity index (χ1) is 6.99. The monoisotopic (exact) mass is 226 g/mol. The number of thioether (sulfide) groups is 1. The van der Waals surface area contributed by atoms with Crippen LogP contribution in [0.1, 0.15) is 5.69 Å². The Kier molecular flexibility index (Phi) is 3.90. The van der Waals surface area contributed by atoms with Gasteiger partial charge in [-0.1, -0.05) is 11.8 Å². The number of anilines is 1. The van der Waals surface area contributed by atoms with Crippen molar-refractivity contribution >= 4 is 23.5 Å². The molecule has 2 N–H and O–H groups in total. The maximum absolute atomic E-state index is 11.3. The number of carbonyl (C=O) groups is 1. The van der Waals surface area contributed by atoms with Gasteiger partial charge in [0.1, 0.15) is 5.82 Å². The summed E-state index contributed by atoms with van der Waals surface area (Å²) in [4.78, 5) is 21.0. The lowest BCUT2D eigenvalue weighted by Gasteiger charge is -2.09. The lowest BCUT2D eigenvalue weighted by Crippen LogP contribution is -2.23. The highest BCUT2D eigenvalue weighted by molar-refractivity contribution is 7.99. The van der Waals surface area contributed by atoms with Crippen molar-refractivity contribution in [2.24, 2.45) is 0 Å². The van der Waals surface area contributed by atoms with E-state index in [2.05, 4.69) is 9.97 Å². The third-order valence-corrected chi connectivity index (χ3v) is 2.51. The fraction of sp³-hybridized carbons (Fsp3) is 0.444. The van der Waals surface area contributed by atoms with Gasteiger partial charge in [-0.25, -0.2) is 9.97 Å². The van der Waals surface area contributed by atoms with E-state index in [9.17, 15) is 4.79 Å². The molecule has 0 aliphatic heterocycles. The number of nitrogen functional groups attached to an aromatic ring is 1. The van der Waals surface area contributed by atoms with Gasteiger partial charge < -0.3 is 10.6 Å². The number of amides is 1. The standard InChI is InChI=1S/C9H14N4OS/c1-6-4-7(10)12-9(11-6)15-5-8(14)13(2)3/h4H,5H2,1-3H3,(H2,10,11,12). The number of carbonyl (C=O) groups excluding carboxylic acids is 1. The summed E-state index contributed by atoms with van der Waals surface area (Å²) in [5.74, 6) is 0.793. The maximum atomic E-state index is 11.3. The minimum absolute atomic E-state index is 0.0312. The third-order valence-electron chi connectivity index (χ3n) is 1.68. The molecule has 0 atom stereocenters. The minimum atomic E-state index is 0.0312. The Morgan fingerprint density at radius 2 is 2.20 bits per heavy atom. The number of rotatable bonds is 3. The molecule has 0 unspecified atom stereocenters. The number of hydrogen-bond donors (Lipinski definition) is 1. The first kappa shape index (κ1) is 11.8. The van der Waals surface area contributed by atoms with E-state index in [-0.39, 0.29) is 5.91 Å².